The van der Waals surface area contributed by atoms with Crippen molar-refractivity contribution in [1.29, 1.82) is 5.26 Å². The summed E-state index contributed by atoms with van der Waals surface area (Å²) >= 11 is 1.39. The van der Waals surface area contributed by atoms with Crippen molar-refractivity contribution >= 4 is 28.6 Å². The van der Waals surface area contributed by atoms with E-state index in [-0.39, 0.29) is 11.7 Å². The molecule has 112 valence electrons. The second-order valence-corrected chi connectivity index (χ2v) is 6.76. The number of pyridine rings is 1. The number of nitriles is 1. The summed E-state index contributed by atoms with van der Waals surface area (Å²) in [6, 6.07) is 14.1. The molecule has 4 nitrogen and oxygen atoms in total. The van der Waals surface area contributed by atoms with Gasteiger partial charge in [-0.05, 0) is 37.8 Å². The van der Waals surface area contributed by atoms with Crippen LogP contribution < -0.4 is 5.32 Å². The molecule has 1 amide bonds. The number of para-hydroxylation sites is 1. The molecule has 1 heterocycles. The summed E-state index contributed by atoms with van der Waals surface area (Å²) in [5.74, 6) is 0.455. The molecule has 2 aromatic rings. The van der Waals surface area contributed by atoms with Crippen molar-refractivity contribution < 1.29 is 4.79 Å². The van der Waals surface area contributed by atoms with Gasteiger partial charge in [-0.1, -0.05) is 36.0 Å². The Morgan fingerprint density at radius 1 is 1.41 bits per heavy atom. The maximum absolute atomic E-state index is 12.1. The fourth-order valence-electron chi connectivity index (χ4n) is 2.47. The number of fused-ring (bicyclic) bond motifs is 1. The molecule has 22 heavy (non-hydrogen) atoms. The van der Waals surface area contributed by atoms with E-state index >= 15 is 0 Å². The maximum Gasteiger partial charge on any atom is 0.231 e. The zero-order valence-electron chi connectivity index (χ0n) is 12.4. The molecule has 1 fully saturated rings. The highest BCUT2D eigenvalue weighted by atomic mass is 32.2. The van der Waals surface area contributed by atoms with Crippen molar-refractivity contribution in [2.75, 3.05) is 5.75 Å². The van der Waals surface area contributed by atoms with Crippen molar-refractivity contribution in [2.24, 2.45) is 5.92 Å². The van der Waals surface area contributed by atoms with Crippen molar-refractivity contribution in [3.63, 3.8) is 0 Å². The van der Waals surface area contributed by atoms with E-state index in [1.807, 2.05) is 43.3 Å². The standard InChI is InChI=1S/C17H17N3OS/c1-17(11-18,13-7-8-13)20-15(21)10-22-16-9-6-12-4-2-3-5-14(12)19-16/h2-6,9,13H,7-8,10H2,1H3,(H,20,21)/t17-/m1/s1. The van der Waals surface area contributed by atoms with Gasteiger partial charge in [-0.3, -0.25) is 4.79 Å². The summed E-state index contributed by atoms with van der Waals surface area (Å²) in [6.07, 6.45) is 2.04. The van der Waals surface area contributed by atoms with Crippen molar-refractivity contribution in [2.45, 2.75) is 30.3 Å². The van der Waals surface area contributed by atoms with E-state index in [1.165, 1.54) is 11.8 Å². The summed E-state index contributed by atoms with van der Waals surface area (Å²) in [7, 11) is 0. The minimum Gasteiger partial charge on any atom is -0.337 e. The summed E-state index contributed by atoms with van der Waals surface area (Å²) in [6.45, 7) is 1.81. The van der Waals surface area contributed by atoms with Gasteiger partial charge >= 0.3 is 0 Å². The number of nitrogens with one attached hydrogen (secondary N) is 1. The quantitative estimate of drug-likeness (QED) is 0.862. The van der Waals surface area contributed by atoms with Crippen LogP contribution in [0.4, 0.5) is 0 Å². The molecule has 5 heteroatoms. The average molecular weight is 311 g/mol. The Kier molecular flexibility index (Phi) is 4.04. The third kappa shape index (κ3) is 3.23. The molecule has 1 aliphatic carbocycles. The molecule has 1 N–H and O–H groups in total. The first-order chi connectivity index (χ1) is 10.6. The zero-order valence-corrected chi connectivity index (χ0v) is 13.2. The topological polar surface area (TPSA) is 65.8 Å². The van der Waals surface area contributed by atoms with E-state index in [4.69, 9.17) is 0 Å². The molecule has 0 bridgehead atoms. The molecule has 0 spiro atoms. The first-order valence-corrected chi connectivity index (χ1v) is 8.30. The summed E-state index contributed by atoms with van der Waals surface area (Å²) in [5, 5.41) is 14.0. The number of rotatable bonds is 5. The molecular formula is C17H17N3OS. The fraction of sp³-hybridized carbons (Fsp3) is 0.353. The van der Waals surface area contributed by atoms with Gasteiger partial charge in [-0.2, -0.15) is 5.26 Å². The van der Waals surface area contributed by atoms with E-state index in [9.17, 15) is 10.1 Å². The number of carbonyl (C=O) groups excluding carboxylic acids is 1. The van der Waals surface area contributed by atoms with E-state index in [0.717, 1.165) is 28.8 Å². The molecule has 1 aromatic carbocycles. The van der Waals surface area contributed by atoms with Crippen LogP contribution in [0.2, 0.25) is 0 Å². The van der Waals surface area contributed by atoms with Gasteiger partial charge in [0.1, 0.15) is 5.54 Å². The number of hydrogen-bond donors (Lipinski definition) is 1. The highest BCUT2D eigenvalue weighted by Crippen LogP contribution is 2.39. The molecule has 3 rings (SSSR count). The van der Waals surface area contributed by atoms with E-state index in [0.29, 0.717) is 5.92 Å². The molecule has 1 saturated carbocycles. The Morgan fingerprint density at radius 3 is 2.91 bits per heavy atom. The number of aromatic nitrogens is 1. The first kappa shape index (κ1) is 14.9. The van der Waals surface area contributed by atoms with Gasteiger partial charge in [0, 0.05) is 5.39 Å². The molecule has 1 aliphatic rings. The largest absolute Gasteiger partial charge is 0.337 e. The normalized spacial score (nSPS) is 16.7. The van der Waals surface area contributed by atoms with Crippen LogP contribution in [0.15, 0.2) is 41.4 Å². The Hall–Kier alpha value is -2.06. The third-order valence-corrected chi connectivity index (χ3v) is 4.88. The van der Waals surface area contributed by atoms with Crippen molar-refractivity contribution in [3.8, 4) is 6.07 Å². The van der Waals surface area contributed by atoms with Crippen LogP contribution in [0.3, 0.4) is 0 Å². The lowest BCUT2D eigenvalue weighted by Gasteiger charge is -2.22. The van der Waals surface area contributed by atoms with Crippen LogP contribution >= 0.6 is 11.8 Å². The molecular weight excluding hydrogens is 294 g/mol. The maximum atomic E-state index is 12.1. The van der Waals surface area contributed by atoms with Crippen LogP contribution in [-0.4, -0.2) is 22.2 Å². The van der Waals surface area contributed by atoms with Crippen LogP contribution in [0.25, 0.3) is 10.9 Å². The van der Waals surface area contributed by atoms with Crippen LogP contribution in [0, 0.1) is 17.2 Å². The Morgan fingerprint density at radius 2 is 2.18 bits per heavy atom. The second-order valence-electron chi connectivity index (χ2n) is 5.77. The molecule has 0 radical (unpaired) electrons. The lowest BCUT2D eigenvalue weighted by Crippen LogP contribution is -2.47. The molecule has 0 unspecified atom stereocenters. The fourth-order valence-corrected chi connectivity index (χ4v) is 3.15. The summed E-state index contributed by atoms with van der Waals surface area (Å²) < 4.78 is 0. The van der Waals surface area contributed by atoms with Gasteiger partial charge in [-0.25, -0.2) is 4.98 Å². The minimum atomic E-state index is -0.728. The highest BCUT2D eigenvalue weighted by Gasteiger charge is 2.42. The van der Waals surface area contributed by atoms with Crippen LogP contribution in [0.5, 0.6) is 0 Å². The van der Waals surface area contributed by atoms with E-state index in [1.54, 1.807) is 0 Å². The molecule has 0 saturated heterocycles. The van der Waals surface area contributed by atoms with Gasteiger partial charge in [0.05, 0.1) is 22.4 Å². The Labute approximate surface area is 133 Å². The lowest BCUT2D eigenvalue weighted by molar-refractivity contribution is -0.119. The van der Waals surface area contributed by atoms with E-state index in [2.05, 4.69) is 16.4 Å². The number of carbonyl (C=O) groups is 1. The number of amides is 1. The second kappa shape index (κ2) is 5.98. The van der Waals surface area contributed by atoms with Gasteiger partial charge in [0.25, 0.3) is 0 Å². The Bertz CT molecular complexity index is 751. The molecule has 1 atom stereocenters. The number of nitrogens with zero attached hydrogens (tertiary/aromatic N) is 2. The SMILES string of the molecule is C[C@](C#N)(NC(=O)CSc1ccc2ccccc2n1)C1CC1. The number of thioether (sulfide) groups is 1. The van der Waals surface area contributed by atoms with Crippen molar-refractivity contribution in [3.05, 3.63) is 36.4 Å². The Balaban J connectivity index is 1.61. The van der Waals surface area contributed by atoms with Crippen LogP contribution in [-0.2, 0) is 4.79 Å². The molecule has 0 aliphatic heterocycles. The summed E-state index contributed by atoms with van der Waals surface area (Å²) in [4.78, 5) is 16.6. The predicted molar refractivity (Wildman–Crippen MR) is 87.4 cm³/mol. The smallest absolute Gasteiger partial charge is 0.231 e. The summed E-state index contributed by atoms with van der Waals surface area (Å²) in [5.41, 5.74) is 0.196. The lowest BCUT2D eigenvalue weighted by atomic mass is 9.98. The van der Waals surface area contributed by atoms with Gasteiger partial charge < -0.3 is 5.32 Å². The average Bonchev–Trinajstić information content (AvgIpc) is 3.38. The number of benzene rings is 1. The third-order valence-electron chi connectivity index (χ3n) is 3.95. The highest BCUT2D eigenvalue weighted by molar-refractivity contribution is 7.99. The monoisotopic (exact) mass is 311 g/mol. The molecule has 1 aromatic heterocycles. The van der Waals surface area contributed by atoms with E-state index < -0.39 is 5.54 Å². The van der Waals surface area contributed by atoms with Gasteiger partial charge in [-0.15, -0.1) is 0 Å². The first-order valence-electron chi connectivity index (χ1n) is 7.31. The zero-order chi connectivity index (χ0) is 15.6. The minimum absolute atomic E-state index is 0.115. The van der Waals surface area contributed by atoms with Crippen LogP contribution in [0.1, 0.15) is 19.8 Å². The van der Waals surface area contributed by atoms with Gasteiger partial charge in [0.15, 0.2) is 0 Å². The predicted octanol–water partition coefficient (Wildman–Crippen LogP) is 3.14. The van der Waals surface area contributed by atoms with Crippen molar-refractivity contribution in [1.82, 2.24) is 10.3 Å². The van der Waals surface area contributed by atoms with Gasteiger partial charge in [0.2, 0.25) is 5.91 Å². The number of hydrogen-bond acceptors (Lipinski definition) is 4.